The smallest absolute Gasteiger partial charge is 0.252 e. The zero-order chi connectivity index (χ0) is 18.8. The Morgan fingerprint density at radius 3 is 2.70 bits per heavy atom. The van der Waals surface area contributed by atoms with E-state index >= 15 is 0 Å². The fourth-order valence-electron chi connectivity index (χ4n) is 3.20. The van der Waals surface area contributed by atoms with Crippen LogP contribution in [0.5, 0.6) is 0 Å². The van der Waals surface area contributed by atoms with Crippen LogP contribution in [-0.4, -0.2) is 20.7 Å². The van der Waals surface area contributed by atoms with Gasteiger partial charge in [-0.15, -0.1) is 0 Å². The van der Waals surface area contributed by atoms with Gasteiger partial charge in [0.2, 0.25) is 0 Å². The molecule has 0 saturated heterocycles. The number of carbonyl (C=O) groups is 1. The Morgan fingerprint density at radius 2 is 1.96 bits per heavy atom. The number of benzene rings is 1. The Bertz CT molecular complexity index is 1080. The van der Waals surface area contributed by atoms with E-state index in [1.165, 1.54) is 0 Å². The number of carbonyl (C=O) groups excluding carboxylic acids is 1. The minimum Gasteiger partial charge on any atom is -0.467 e. The molecule has 27 heavy (non-hydrogen) atoms. The number of nitrogens with one attached hydrogen (secondary N) is 1. The van der Waals surface area contributed by atoms with Crippen LogP contribution in [-0.2, 0) is 13.1 Å². The van der Waals surface area contributed by atoms with E-state index in [0.29, 0.717) is 24.4 Å². The van der Waals surface area contributed by atoms with Crippen molar-refractivity contribution in [2.75, 3.05) is 0 Å². The number of pyridine rings is 1. The predicted octanol–water partition coefficient (Wildman–Crippen LogP) is 3.62. The largest absolute Gasteiger partial charge is 0.467 e. The molecule has 6 nitrogen and oxygen atoms in total. The first kappa shape index (κ1) is 17.0. The zero-order valence-corrected chi connectivity index (χ0v) is 15.3. The fourth-order valence-corrected chi connectivity index (χ4v) is 3.20. The molecule has 6 heteroatoms. The molecule has 0 saturated carbocycles. The van der Waals surface area contributed by atoms with E-state index in [2.05, 4.69) is 27.5 Å². The summed E-state index contributed by atoms with van der Waals surface area (Å²) >= 11 is 0. The molecular weight excluding hydrogens is 340 g/mol. The van der Waals surface area contributed by atoms with Gasteiger partial charge in [0.15, 0.2) is 5.65 Å². The molecule has 0 spiro atoms. The van der Waals surface area contributed by atoms with Crippen molar-refractivity contribution in [1.29, 1.82) is 0 Å². The number of nitrogens with zero attached hydrogens (tertiary/aromatic N) is 3. The molecule has 0 atom stereocenters. The molecule has 1 N–H and O–H groups in total. The summed E-state index contributed by atoms with van der Waals surface area (Å²) in [4.78, 5) is 17.5. The van der Waals surface area contributed by atoms with Gasteiger partial charge >= 0.3 is 0 Å². The lowest BCUT2D eigenvalue weighted by Gasteiger charge is -2.08. The van der Waals surface area contributed by atoms with Crippen molar-refractivity contribution in [2.24, 2.45) is 0 Å². The average molecular weight is 360 g/mol. The van der Waals surface area contributed by atoms with Crippen molar-refractivity contribution < 1.29 is 9.21 Å². The van der Waals surface area contributed by atoms with Crippen molar-refractivity contribution in [3.8, 4) is 0 Å². The molecule has 4 aromatic rings. The highest BCUT2D eigenvalue weighted by atomic mass is 16.3. The monoisotopic (exact) mass is 360 g/mol. The summed E-state index contributed by atoms with van der Waals surface area (Å²) in [6.07, 6.45) is 1.59. The van der Waals surface area contributed by atoms with E-state index in [1.807, 2.05) is 42.8 Å². The highest BCUT2D eigenvalue weighted by Gasteiger charge is 2.19. The second-order valence-electron chi connectivity index (χ2n) is 6.50. The molecular formula is C21H20N4O2. The SMILES string of the molecule is Cc1cc(C(=O)NCc2ccco2)c2c(C)nn(Cc3ccccc3)c2n1. The van der Waals surface area contributed by atoms with Crippen LogP contribution in [0.4, 0.5) is 0 Å². The maximum absolute atomic E-state index is 12.8. The molecule has 0 bridgehead atoms. The zero-order valence-electron chi connectivity index (χ0n) is 15.3. The molecule has 3 heterocycles. The third-order valence-corrected chi connectivity index (χ3v) is 4.43. The quantitative estimate of drug-likeness (QED) is 0.590. The first-order valence-electron chi connectivity index (χ1n) is 8.81. The Labute approximate surface area is 156 Å². The van der Waals surface area contributed by atoms with Gasteiger partial charge in [-0.25, -0.2) is 9.67 Å². The van der Waals surface area contributed by atoms with E-state index < -0.39 is 0 Å². The molecule has 1 aromatic carbocycles. The predicted molar refractivity (Wildman–Crippen MR) is 102 cm³/mol. The van der Waals surface area contributed by atoms with Crippen LogP contribution in [0.25, 0.3) is 11.0 Å². The summed E-state index contributed by atoms with van der Waals surface area (Å²) in [7, 11) is 0. The third-order valence-electron chi connectivity index (χ3n) is 4.43. The summed E-state index contributed by atoms with van der Waals surface area (Å²) < 4.78 is 7.14. The Balaban J connectivity index is 1.70. The summed E-state index contributed by atoms with van der Waals surface area (Å²) in [5.41, 5.74) is 4.01. The molecule has 4 rings (SSSR count). The molecule has 0 aliphatic heterocycles. The minimum absolute atomic E-state index is 0.163. The van der Waals surface area contributed by atoms with Gasteiger partial charge in [0.05, 0.1) is 36.0 Å². The second-order valence-corrected chi connectivity index (χ2v) is 6.50. The molecule has 0 radical (unpaired) electrons. The number of amides is 1. The Morgan fingerprint density at radius 1 is 1.15 bits per heavy atom. The molecule has 0 aliphatic rings. The van der Waals surface area contributed by atoms with E-state index in [0.717, 1.165) is 28.0 Å². The summed E-state index contributed by atoms with van der Waals surface area (Å²) in [6, 6.07) is 15.5. The van der Waals surface area contributed by atoms with Gasteiger partial charge in [0, 0.05) is 5.69 Å². The van der Waals surface area contributed by atoms with Crippen LogP contribution < -0.4 is 5.32 Å². The number of hydrogen-bond acceptors (Lipinski definition) is 4. The van der Waals surface area contributed by atoms with Gasteiger partial charge in [-0.2, -0.15) is 5.10 Å². The van der Waals surface area contributed by atoms with Crippen LogP contribution in [0.3, 0.4) is 0 Å². The first-order chi connectivity index (χ1) is 13.1. The van der Waals surface area contributed by atoms with Crippen LogP contribution in [0.2, 0.25) is 0 Å². The second kappa shape index (κ2) is 7.07. The van der Waals surface area contributed by atoms with E-state index in [4.69, 9.17) is 4.42 Å². The molecule has 0 unspecified atom stereocenters. The van der Waals surface area contributed by atoms with Crippen LogP contribution >= 0.6 is 0 Å². The minimum atomic E-state index is -0.163. The van der Waals surface area contributed by atoms with Crippen molar-refractivity contribution >= 4 is 16.9 Å². The van der Waals surface area contributed by atoms with E-state index in [1.54, 1.807) is 18.4 Å². The van der Waals surface area contributed by atoms with Crippen LogP contribution in [0, 0.1) is 13.8 Å². The van der Waals surface area contributed by atoms with Gasteiger partial charge in [-0.1, -0.05) is 30.3 Å². The number of fused-ring (bicyclic) bond motifs is 1. The van der Waals surface area contributed by atoms with Crippen molar-refractivity contribution in [2.45, 2.75) is 26.9 Å². The van der Waals surface area contributed by atoms with Crippen LogP contribution in [0.1, 0.15) is 33.1 Å². The maximum atomic E-state index is 12.8. The normalized spacial score (nSPS) is 11.0. The van der Waals surface area contributed by atoms with Crippen molar-refractivity contribution in [3.63, 3.8) is 0 Å². The summed E-state index contributed by atoms with van der Waals surface area (Å²) in [6.45, 7) is 4.74. The van der Waals surface area contributed by atoms with Crippen molar-refractivity contribution in [1.82, 2.24) is 20.1 Å². The molecule has 0 aliphatic carbocycles. The number of aryl methyl sites for hydroxylation is 2. The van der Waals surface area contributed by atoms with E-state index in [-0.39, 0.29) is 5.91 Å². The standard InChI is InChI=1S/C21H20N4O2/c1-14-11-18(21(26)22-12-17-9-6-10-27-17)19-15(2)24-25(20(19)23-14)13-16-7-4-3-5-8-16/h3-11H,12-13H2,1-2H3,(H,22,26). The van der Waals surface area contributed by atoms with Crippen LogP contribution in [0.15, 0.2) is 59.2 Å². The lowest BCUT2D eigenvalue weighted by Crippen LogP contribution is -2.23. The lowest BCUT2D eigenvalue weighted by molar-refractivity contribution is 0.0949. The average Bonchev–Trinajstić information content (AvgIpc) is 3.29. The lowest BCUT2D eigenvalue weighted by atomic mass is 10.1. The Hall–Kier alpha value is -3.41. The highest BCUT2D eigenvalue weighted by Crippen LogP contribution is 2.23. The van der Waals surface area contributed by atoms with Gasteiger partial charge in [0.25, 0.3) is 5.91 Å². The van der Waals surface area contributed by atoms with Gasteiger partial charge < -0.3 is 9.73 Å². The highest BCUT2D eigenvalue weighted by molar-refractivity contribution is 6.06. The Kier molecular flexibility index (Phi) is 4.46. The number of furan rings is 1. The van der Waals surface area contributed by atoms with E-state index in [9.17, 15) is 4.79 Å². The van der Waals surface area contributed by atoms with Crippen molar-refractivity contribution in [3.05, 3.63) is 83.1 Å². The number of hydrogen-bond donors (Lipinski definition) is 1. The van der Waals surface area contributed by atoms with Gasteiger partial charge in [-0.3, -0.25) is 4.79 Å². The molecule has 136 valence electrons. The number of aromatic nitrogens is 3. The molecule has 1 amide bonds. The van der Waals surface area contributed by atoms with Gasteiger partial charge in [0.1, 0.15) is 5.76 Å². The fraction of sp³-hybridized carbons (Fsp3) is 0.190. The van der Waals surface area contributed by atoms with Gasteiger partial charge in [-0.05, 0) is 37.6 Å². The molecule has 0 fully saturated rings. The maximum Gasteiger partial charge on any atom is 0.252 e. The summed E-state index contributed by atoms with van der Waals surface area (Å²) in [5, 5.41) is 8.33. The third kappa shape index (κ3) is 3.46. The first-order valence-corrected chi connectivity index (χ1v) is 8.81. The summed E-state index contributed by atoms with van der Waals surface area (Å²) in [5.74, 6) is 0.547. The topological polar surface area (TPSA) is 73.0 Å². The molecule has 3 aromatic heterocycles. The number of rotatable bonds is 5.